The molecular formula is C30H41NO6. The first kappa shape index (κ1) is 27.4. The van der Waals surface area contributed by atoms with Crippen molar-refractivity contribution in [2.75, 3.05) is 32.9 Å². The van der Waals surface area contributed by atoms with E-state index in [1.54, 1.807) is 0 Å². The molecule has 0 aliphatic carbocycles. The van der Waals surface area contributed by atoms with E-state index in [0.29, 0.717) is 39.5 Å². The molecule has 2 aliphatic rings. The number of benzene rings is 2. The molecule has 7 heteroatoms. The van der Waals surface area contributed by atoms with Gasteiger partial charge in [0.2, 0.25) is 5.79 Å². The molecule has 1 saturated heterocycles. The van der Waals surface area contributed by atoms with E-state index in [9.17, 15) is 4.79 Å². The first-order valence-electron chi connectivity index (χ1n) is 13.4. The highest BCUT2D eigenvalue weighted by atomic mass is 16.7. The highest BCUT2D eigenvalue weighted by Crippen LogP contribution is 2.35. The SMILES string of the molecule is Cc1cc(C)cc(COCCOCCCCCCN2C[C@@H](c3ccc4c(c3)COC(C)(C)O4)OC2=O)c1. The van der Waals surface area contributed by atoms with Crippen molar-refractivity contribution in [2.45, 2.75) is 78.5 Å². The van der Waals surface area contributed by atoms with Gasteiger partial charge in [-0.3, -0.25) is 0 Å². The van der Waals surface area contributed by atoms with E-state index in [1.807, 2.05) is 36.9 Å². The first-order valence-corrected chi connectivity index (χ1v) is 13.4. The molecule has 202 valence electrons. The predicted octanol–water partition coefficient (Wildman–Crippen LogP) is 6.24. The molecule has 0 aromatic heterocycles. The monoisotopic (exact) mass is 511 g/mol. The zero-order valence-corrected chi connectivity index (χ0v) is 22.7. The molecule has 0 spiro atoms. The molecule has 0 bridgehead atoms. The summed E-state index contributed by atoms with van der Waals surface area (Å²) in [5, 5.41) is 0. The van der Waals surface area contributed by atoms with Crippen molar-refractivity contribution < 1.29 is 28.5 Å². The third-order valence-corrected chi connectivity index (χ3v) is 6.66. The number of amides is 1. The third-order valence-electron chi connectivity index (χ3n) is 6.66. The molecule has 2 heterocycles. The van der Waals surface area contributed by atoms with Gasteiger partial charge >= 0.3 is 6.09 Å². The van der Waals surface area contributed by atoms with E-state index in [2.05, 4.69) is 32.0 Å². The molecule has 2 aliphatic heterocycles. The van der Waals surface area contributed by atoms with E-state index in [1.165, 1.54) is 16.7 Å². The Morgan fingerprint density at radius 2 is 1.70 bits per heavy atom. The van der Waals surface area contributed by atoms with Crippen LogP contribution >= 0.6 is 0 Å². The summed E-state index contributed by atoms with van der Waals surface area (Å²) in [5.41, 5.74) is 5.71. The average molecular weight is 512 g/mol. The Labute approximate surface area is 221 Å². The maximum absolute atomic E-state index is 12.4. The van der Waals surface area contributed by atoms with Crippen LogP contribution in [0.3, 0.4) is 0 Å². The molecular weight excluding hydrogens is 470 g/mol. The number of cyclic esters (lactones) is 1. The molecule has 0 saturated carbocycles. The van der Waals surface area contributed by atoms with Gasteiger partial charge in [0.15, 0.2) is 0 Å². The van der Waals surface area contributed by atoms with E-state index >= 15 is 0 Å². The number of hydrogen-bond donors (Lipinski definition) is 0. The normalized spacial score (nSPS) is 18.4. The van der Waals surface area contributed by atoms with Crippen LogP contribution in [0.5, 0.6) is 5.75 Å². The Balaban J connectivity index is 1.05. The van der Waals surface area contributed by atoms with Crippen LogP contribution in [0.15, 0.2) is 36.4 Å². The summed E-state index contributed by atoms with van der Waals surface area (Å²) in [6, 6.07) is 12.5. The van der Waals surface area contributed by atoms with Crippen LogP contribution in [0.25, 0.3) is 0 Å². The van der Waals surface area contributed by atoms with Crippen molar-refractivity contribution in [3.05, 3.63) is 64.2 Å². The lowest BCUT2D eigenvalue weighted by Gasteiger charge is -2.32. The van der Waals surface area contributed by atoms with Gasteiger partial charge in [0.25, 0.3) is 0 Å². The molecule has 1 atom stereocenters. The van der Waals surface area contributed by atoms with Gasteiger partial charge in [0.1, 0.15) is 11.9 Å². The van der Waals surface area contributed by atoms with Crippen molar-refractivity contribution in [1.82, 2.24) is 4.90 Å². The Morgan fingerprint density at radius 3 is 2.51 bits per heavy atom. The number of carbonyl (C=O) groups excluding carboxylic acids is 1. The number of fused-ring (bicyclic) bond motifs is 1. The number of unbranched alkanes of at least 4 members (excludes halogenated alkanes) is 3. The molecule has 0 radical (unpaired) electrons. The van der Waals surface area contributed by atoms with Crippen molar-refractivity contribution >= 4 is 6.09 Å². The smallest absolute Gasteiger partial charge is 0.410 e. The molecule has 2 aromatic rings. The van der Waals surface area contributed by atoms with Crippen molar-refractivity contribution in [3.8, 4) is 5.75 Å². The summed E-state index contributed by atoms with van der Waals surface area (Å²) in [6.07, 6.45) is 3.63. The lowest BCUT2D eigenvalue weighted by molar-refractivity contribution is -0.180. The van der Waals surface area contributed by atoms with Crippen LogP contribution in [-0.4, -0.2) is 49.7 Å². The number of ether oxygens (including phenoxy) is 5. The van der Waals surface area contributed by atoms with E-state index in [4.69, 9.17) is 23.7 Å². The molecule has 0 N–H and O–H groups in total. The van der Waals surface area contributed by atoms with Crippen LogP contribution in [0, 0.1) is 13.8 Å². The average Bonchev–Trinajstić information content (AvgIpc) is 3.21. The molecule has 0 unspecified atom stereocenters. The Morgan fingerprint density at radius 1 is 0.946 bits per heavy atom. The quantitative estimate of drug-likeness (QED) is 0.297. The fourth-order valence-corrected chi connectivity index (χ4v) is 4.84. The number of hydrogen-bond acceptors (Lipinski definition) is 6. The van der Waals surface area contributed by atoms with Crippen molar-refractivity contribution in [1.29, 1.82) is 0 Å². The van der Waals surface area contributed by atoms with Gasteiger partial charge in [-0.05, 0) is 49.9 Å². The molecule has 37 heavy (non-hydrogen) atoms. The summed E-state index contributed by atoms with van der Waals surface area (Å²) < 4.78 is 28.7. The standard InChI is InChI=1S/C30H41NO6/c1-22-15-23(2)17-24(16-22)20-34-14-13-33-12-8-6-5-7-11-31-19-28(36-29(31)32)25-9-10-27-26(18-25)21-35-30(3,4)37-27/h9-10,15-18,28H,5-8,11-14,19-21H2,1-4H3/t28-/m0/s1. The van der Waals surface area contributed by atoms with E-state index in [0.717, 1.165) is 49.2 Å². The minimum atomic E-state index is -0.618. The maximum Gasteiger partial charge on any atom is 0.410 e. The summed E-state index contributed by atoms with van der Waals surface area (Å²) >= 11 is 0. The van der Waals surface area contributed by atoms with Crippen molar-refractivity contribution in [3.63, 3.8) is 0 Å². The number of rotatable bonds is 13. The Kier molecular flexibility index (Phi) is 9.46. The van der Waals surface area contributed by atoms with Gasteiger partial charge in [-0.25, -0.2) is 4.79 Å². The van der Waals surface area contributed by atoms with E-state index in [-0.39, 0.29) is 12.2 Å². The molecule has 2 aromatic carbocycles. The summed E-state index contributed by atoms with van der Waals surface area (Å²) in [7, 11) is 0. The lowest BCUT2D eigenvalue weighted by Crippen LogP contribution is -2.35. The Bertz CT molecular complexity index is 1030. The number of nitrogens with zero attached hydrogens (tertiary/aromatic N) is 1. The molecule has 4 rings (SSSR count). The highest BCUT2D eigenvalue weighted by molar-refractivity contribution is 5.70. The van der Waals surface area contributed by atoms with Gasteiger partial charge < -0.3 is 28.6 Å². The first-order chi connectivity index (χ1) is 17.8. The van der Waals surface area contributed by atoms with Gasteiger partial charge in [-0.1, -0.05) is 48.2 Å². The second-order valence-corrected chi connectivity index (χ2v) is 10.6. The zero-order valence-electron chi connectivity index (χ0n) is 22.7. The topological polar surface area (TPSA) is 66.5 Å². The molecule has 7 nitrogen and oxygen atoms in total. The fourth-order valence-electron chi connectivity index (χ4n) is 4.84. The van der Waals surface area contributed by atoms with Gasteiger partial charge in [0, 0.05) is 32.6 Å². The number of aryl methyl sites for hydroxylation is 2. The second kappa shape index (κ2) is 12.8. The van der Waals surface area contributed by atoms with Gasteiger partial charge in [-0.2, -0.15) is 0 Å². The van der Waals surface area contributed by atoms with Crippen LogP contribution in [0.2, 0.25) is 0 Å². The molecule has 1 amide bonds. The largest absolute Gasteiger partial charge is 0.463 e. The van der Waals surface area contributed by atoms with Crippen LogP contribution < -0.4 is 4.74 Å². The third kappa shape index (κ3) is 8.19. The highest BCUT2D eigenvalue weighted by Gasteiger charge is 2.33. The van der Waals surface area contributed by atoms with Crippen LogP contribution in [0.1, 0.15) is 73.5 Å². The predicted molar refractivity (Wildman–Crippen MR) is 142 cm³/mol. The fraction of sp³-hybridized carbons (Fsp3) is 0.567. The minimum absolute atomic E-state index is 0.236. The Hall–Kier alpha value is -2.61. The summed E-state index contributed by atoms with van der Waals surface area (Å²) in [4.78, 5) is 14.2. The second-order valence-electron chi connectivity index (χ2n) is 10.6. The molecule has 1 fully saturated rings. The minimum Gasteiger partial charge on any atom is -0.463 e. The van der Waals surface area contributed by atoms with Gasteiger partial charge in [0.05, 0.1) is 33.0 Å². The summed E-state index contributed by atoms with van der Waals surface area (Å²) in [5.74, 6) is 0.211. The maximum atomic E-state index is 12.4. The van der Waals surface area contributed by atoms with Gasteiger partial charge in [-0.15, -0.1) is 0 Å². The summed E-state index contributed by atoms with van der Waals surface area (Å²) in [6.45, 7) is 12.4. The van der Waals surface area contributed by atoms with Crippen LogP contribution in [0.4, 0.5) is 4.79 Å². The number of carbonyl (C=O) groups is 1. The zero-order chi connectivity index (χ0) is 26.3. The lowest BCUT2D eigenvalue weighted by atomic mass is 10.0. The van der Waals surface area contributed by atoms with Crippen LogP contribution in [-0.2, 0) is 32.2 Å². The van der Waals surface area contributed by atoms with E-state index < -0.39 is 5.79 Å². The van der Waals surface area contributed by atoms with Crippen molar-refractivity contribution in [2.24, 2.45) is 0 Å².